The van der Waals surface area contributed by atoms with Gasteiger partial charge in [0.25, 0.3) is 5.92 Å². The number of alkyl halides is 2. The SMILES string of the molecule is CC(=O)Nc1nc2c(Oc3cc(-c4ccc(C(C)(F)F)cc4NC(=O)C4CCCCC4)ncn3)cccc2s1. The molecule has 2 heterocycles. The third-order valence-corrected chi connectivity index (χ3v) is 7.49. The number of nitrogens with one attached hydrogen (secondary N) is 2. The Morgan fingerprint density at radius 1 is 1.05 bits per heavy atom. The first-order valence-electron chi connectivity index (χ1n) is 12.7. The van der Waals surface area contributed by atoms with Gasteiger partial charge in [0.05, 0.1) is 16.1 Å². The van der Waals surface area contributed by atoms with Crippen LogP contribution in [0.25, 0.3) is 21.5 Å². The van der Waals surface area contributed by atoms with Crippen molar-refractivity contribution in [3.05, 3.63) is 54.4 Å². The lowest BCUT2D eigenvalue weighted by Gasteiger charge is -2.22. The van der Waals surface area contributed by atoms with Gasteiger partial charge in [-0.05, 0) is 31.0 Å². The monoisotopic (exact) mass is 551 g/mol. The van der Waals surface area contributed by atoms with Gasteiger partial charge in [-0.1, -0.05) is 48.8 Å². The van der Waals surface area contributed by atoms with Crippen LogP contribution in [0.3, 0.4) is 0 Å². The Morgan fingerprint density at radius 2 is 1.85 bits per heavy atom. The Morgan fingerprint density at radius 3 is 2.59 bits per heavy atom. The predicted molar refractivity (Wildman–Crippen MR) is 146 cm³/mol. The Hall–Kier alpha value is -3.99. The van der Waals surface area contributed by atoms with Gasteiger partial charge in [0.15, 0.2) is 10.9 Å². The number of thiazole rings is 1. The molecule has 0 bridgehead atoms. The number of anilines is 2. The lowest BCUT2D eigenvalue weighted by molar-refractivity contribution is -0.120. The molecule has 202 valence electrons. The van der Waals surface area contributed by atoms with E-state index in [0.717, 1.165) is 43.7 Å². The number of aromatic nitrogens is 3. The van der Waals surface area contributed by atoms with Crippen LogP contribution in [0.2, 0.25) is 0 Å². The number of para-hydroxylation sites is 1. The number of nitrogens with zero attached hydrogens (tertiary/aromatic N) is 3. The molecule has 39 heavy (non-hydrogen) atoms. The van der Waals surface area contributed by atoms with Crippen LogP contribution in [0.15, 0.2) is 48.8 Å². The van der Waals surface area contributed by atoms with Crippen molar-refractivity contribution in [2.75, 3.05) is 10.6 Å². The molecule has 2 aromatic carbocycles. The molecule has 2 N–H and O–H groups in total. The summed E-state index contributed by atoms with van der Waals surface area (Å²) < 4.78 is 35.2. The van der Waals surface area contributed by atoms with Crippen LogP contribution >= 0.6 is 11.3 Å². The largest absolute Gasteiger partial charge is 0.437 e. The predicted octanol–water partition coefficient (Wildman–Crippen LogP) is 7.13. The molecule has 0 unspecified atom stereocenters. The first kappa shape index (κ1) is 26.6. The smallest absolute Gasteiger partial charge is 0.270 e. The summed E-state index contributed by atoms with van der Waals surface area (Å²) in [5.74, 6) is -3.00. The Balaban J connectivity index is 1.47. The van der Waals surface area contributed by atoms with E-state index in [2.05, 4.69) is 25.6 Å². The van der Waals surface area contributed by atoms with E-state index in [1.165, 1.54) is 42.8 Å². The van der Waals surface area contributed by atoms with E-state index >= 15 is 0 Å². The number of carbonyl (C=O) groups is 2. The van der Waals surface area contributed by atoms with Crippen molar-refractivity contribution < 1.29 is 23.1 Å². The molecule has 1 saturated carbocycles. The zero-order chi connectivity index (χ0) is 27.6. The zero-order valence-corrected chi connectivity index (χ0v) is 22.3. The van der Waals surface area contributed by atoms with Crippen LogP contribution < -0.4 is 15.4 Å². The number of halogens is 2. The van der Waals surface area contributed by atoms with E-state index in [9.17, 15) is 18.4 Å². The summed E-state index contributed by atoms with van der Waals surface area (Å²) in [6.45, 7) is 2.23. The second-order valence-corrected chi connectivity index (χ2v) is 10.7. The van der Waals surface area contributed by atoms with Crippen molar-refractivity contribution in [1.29, 1.82) is 0 Å². The van der Waals surface area contributed by atoms with Gasteiger partial charge in [-0.25, -0.2) is 23.7 Å². The summed E-state index contributed by atoms with van der Waals surface area (Å²) in [7, 11) is 0. The Labute approximate surface area is 227 Å². The van der Waals surface area contributed by atoms with Crippen molar-refractivity contribution in [2.45, 2.75) is 51.9 Å². The quantitative estimate of drug-likeness (QED) is 0.253. The molecule has 1 aliphatic carbocycles. The minimum Gasteiger partial charge on any atom is -0.437 e. The molecule has 1 fully saturated rings. The molecule has 0 saturated heterocycles. The number of hydrogen-bond acceptors (Lipinski definition) is 7. The lowest BCUT2D eigenvalue weighted by Crippen LogP contribution is -2.25. The van der Waals surface area contributed by atoms with Crippen LogP contribution in [0.1, 0.15) is 51.5 Å². The van der Waals surface area contributed by atoms with Crippen molar-refractivity contribution in [1.82, 2.24) is 15.0 Å². The second-order valence-electron chi connectivity index (χ2n) is 9.62. The van der Waals surface area contributed by atoms with Gasteiger partial charge in [0, 0.05) is 37.0 Å². The van der Waals surface area contributed by atoms with E-state index in [1.807, 2.05) is 6.07 Å². The van der Waals surface area contributed by atoms with Gasteiger partial charge in [0.2, 0.25) is 17.7 Å². The molecule has 0 radical (unpaired) electrons. The minimum atomic E-state index is -3.08. The first-order chi connectivity index (χ1) is 18.7. The fourth-order valence-electron chi connectivity index (χ4n) is 4.61. The second kappa shape index (κ2) is 11.0. The molecule has 2 amide bonds. The van der Waals surface area contributed by atoms with E-state index in [-0.39, 0.29) is 34.9 Å². The molecule has 11 heteroatoms. The van der Waals surface area contributed by atoms with E-state index in [0.29, 0.717) is 27.7 Å². The number of fused-ring (bicyclic) bond motifs is 1. The molecule has 1 aliphatic rings. The lowest BCUT2D eigenvalue weighted by atomic mass is 9.88. The highest BCUT2D eigenvalue weighted by atomic mass is 32.1. The number of ether oxygens (including phenoxy) is 1. The average molecular weight is 552 g/mol. The summed E-state index contributed by atoms with van der Waals surface area (Å²) in [6.07, 6.45) is 5.92. The van der Waals surface area contributed by atoms with Crippen LogP contribution in [0.5, 0.6) is 11.6 Å². The number of amides is 2. The van der Waals surface area contributed by atoms with E-state index in [4.69, 9.17) is 4.74 Å². The maximum absolute atomic E-state index is 14.2. The Bertz CT molecular complexity index is 1530. The fraction of sp³-hybridized carbons (Fsp3) is 0.321. The highest BCUT2D eigenvalue weighted by Gasteiger charge is 2.27. The van der Waals surface area contributed by atoms with Gasteiger partial charge in [-0.2, -0.15) is 0 Å². The molecule has 5 rings (SSSR count). The van der Waals surface area contributed by atoms with Crippen molar-refractivity contribution in [3.63, 3.8) is 0 Å². The third kappa shape index (κ3) is 6.19. The summed E-state index contributed by atoms with van der Waals surface area (Å²) >= 11 is 1.32. The maximum atomic E-state index is 14.2. The average Bonchev–Trinajstić information content (AvgIpc) is 3.31. The standard InChI is InChI=1S/C28H27F2N5O3S/c1-16(36)33-27-35-25-22(9-6-10-23(25)39-27)38-24-14-20(31-15-32-24)19-12-11-18(28(2,29)30)13-21(19)34-26(37)17-7-4-3-5-8-17/h6,9-15,17H,3-5,7-8H2,1-2H3,(H,34,37)(H,33,35,36). The molecular formula is C28H27F2N5O3S. The normalized spacial score (nSPS) is 14.3. The van der Waals surface area contributed by atoms with Gasteiger partial charge in [0.1, 0.15) is 11.8 Å². The summed E-state index contributed by atoms with van der Waals surface area (Å²) in [4.78, 5) is 37.5. The number of benzene rings is 2. The van der Waals surface area contributed by atoms with Crippen LogP contribution in [-0.4, -0.2) is 26.8 Å². The minimum absolute atomic E-state index is 0.150. The van der Waals surface area contributed by atoms with Crippen LogP contribution in [0.4, 0.5) is 19.6 Å². The fourth-order valence-corrected chi connectivity index (χ4v) is 5.54. The van der Waals surface area contributed by atoms with E-state index < -0.39 is 5.92 Å². The first-order valence-corrected chi connectivity index (χ1v) is 13.5. The van der Waals surface area contributed by atoms with Crippen LogP contribution in [0, 0.1) is 5.92 Å². The highest BCUT2D eigenvalue weighted by molar-refractivity contribution is 7.22. The summed E-state index contributed by atoms with van der Waals surface area (Å²) in [5.41, 5.74) is 1.48. The topological polar surface area (TPSA) is 106 Å². The molecule has 0 aliphatic heterocycles. The number of hydrogen-bond donors (Lipinski definition) is 2. The molecule has 0 spiro atoms. The van der Waals surface area contributed by atoms with Gasteiger partial charge in [-0.3, -0.25) is 9.59 Å². The van der Waals surface area contributed by atoms with Crippen molar-refractivity contribution in [2.24, 2.45) is 5.92 Å². The molecule has 0 atom stereocenters. The maximum Gasteiger partial charge on any atom is 0.270 e. The molecule has 8 nitrogen and oxygen atoms in total. The molecule has 2 aromatic heterocycles. The zero-order valence-electron chi connectivity index (χ0n) is 21.5. The van der Waals surface area contributed by atoms with Gasteiger partial charge in [-0.15, -0.1) is 0 Å². The van der Waals surface area contributed by atoms with E-state index in [1.54, 1.807) is 18.2 Å². The summed E-state index contributed by atoms with van der Waals surface area (Å²) in [5, 5.41) is 6.01. The van der Waals surface area contributed by atoms with Crippen molar-refractivity contribution in [3.8, 4) is 22.9 Å². The highest BCUT2D eigenvalue weighted by Crippen LogP contribution is 2.38. The van der Waals surface area contributed by atoms with Gasteiger partial charge >= 0.3 is 0 Å². The summed E-state index contributed by atoms with van der Waals surface area (Å²) in [6, 6.07) is 11.1. The number of carbonyl (C=O) groups excluding carboxylic acids is 2. The third-order valence-electron chi connectivity index (χ3n) is 6.56. The van der Waals surface area contributed by atoms with Gasteiger partial charge < -0.3 is 15.4 Å². The van der Waals surface area contributed by atoms with Crippen LogP contribution in [-0.2, 0) is 15.5 Å². The number of rotatable bonds is 7. The molecule has 4 aromatic rings. The Kier molecular flexibility index (Phi) is 7.51. The van der Waals surface area contributed by atoms with Crippen molar-refractivity contribution >= 4 is 44.2 Å². The molecular weight excluding hydrogens is 524 g/mol.